The Bertz CT molecular complexity index is 765. The van der Waals surface area contributed by atoms with Crippen molar-refractivity contribution >= 4 is 5.91 Å². The van der Waals surface area contributed by atoms with Crippen molar-refractivity contribution in [3.63, 3.8) is 0 Å². The van der Waals surface area contributed by atoms with Crippen LogP contribution in [0.3, 0.4) is 0 Å². The summed E-state index contributed by atoms with van der Waals surface area (Å²) in [5, 5.41) is 7.70. The molecule has 6 heteroatoms. The molecule has 2 aromatic rings. The fourth-order valence-electron chi connectivity index (χ4n) is 3.74. The lowest BCUT2D eigenvalue weighted by molar-refractivity contribution is -0.140. The average molecular weight is 341 g/mol. The molecule has 0 saturated carbocycles. The molecule has 1 atom stereocenters. The minimum absolute atomic E-state index is 0.134. The first-order valence-electron chi connectivity index (χ1n) is 8.88. The Balaban J connectivity index is 1.57. The molecule has 1 aromatic heterocycles. The van der Waals surface area contributed by atoms with E-state index in [1.165, 1.54) is 5.56 Å². The van der Waals surface area contributed by atoms with Gasteiger partial charge in [0.15, 0.2) is 0 Å². The number of nitrogens with one attached hydrogen (secondary N) is 1. The summed E-state index contributed by atoms with van der Waals surface area (Å²) < 4.78 is 11.0. The number of methoxy groups -OCH3 is 1. The Labute approximate surface area is 147 Å². The molecule has 0 spiro atoms. The van der Waals surface area contributed by atoms with E-state index in [1.54, 1.807) is 7.11 Å². The van der Waals surface area contributed by atoms with Gasteiger partial charge in [0.1, 0.15) is 11.9 Å². The Morgan fingerprint density at radius 3 is 2.96 bits per heavy atom. The van der Waals surface area contributed by atoms with Crippen LogP contribution in [0.1, 0.15) is 24.1 Å². The van der Waals surface area contributed by atoms with Crippen LogP contribution in [0.15, 0.2) is 24.3 Å². The van der Waals surface area contributed by atoms with Crippen molar-refractivity contribution in [2.45, 2.75) is 31.8 Å². The highest BCUT2D eigenvalue weighted by molar-refractivity contribution is 5.81. The van der Waals surface area contributed by atoms with E-state index in [2.05, 4.69) is 10.2 Å². The Kier molecular flexibility index (Phi) is 4.44. The molecule has 2 aliphatic heterocycles. The van der Waals surface area contributed by atoms with Crippen molar-refractivity contribution in [3.05, 3.63) is 35.5 Å². The molecule has 0 aliphatic carbocycles. The Hall–Kier alpha value is -2.34. The molecule has 1 aromatic carbocycles. The maximum atomic E-state index is 12.6. The van der Waals surface area contributed by atoms with Crippen molar-refractivity contribution in [2.75, 3.05) is 26.8 Å². The fourth-order valence-corrected chi connectivity index (χ4v) is 3.74. The van der Waals surface area contributed by atoms with Gasteiger partial charge in [0.25, 0.3) is 5.91 Å². The first-order valence-corrected chi connectivity index (χ1v) is 8.88. The van der Waals surface area contributed by atoms with Gasteiger partial charge in [-0.2, -0.15) is 5.10 Å². The molecule has 6 nitrogen and oxygen atoms in total. The lowest BCUT2D eigenvalue weighted by Gasteiger charge is -2.23. The zero-order valence-electron chi connectivity index (χ0n) is 14.5. The van der Waals surface area contributed by atoms with Crippen molar-refractivity contribution < 1.29 is 14.3 Å². The van der Waals surface area contributed by atoms with Crippen LogP contribution >= 0.6 is 0 Å². The van der Waals surface area contributed by atoms with Crippen LogP contribution in [0.4, 0.5) is 0 Å². The van der Waals surface area contributed by atoms with E-state index in [9.17, 15) is 4.79 Å². The topological polar surface area (TPSA) is 67.5 Å². The normalized spacial score (nSPS) is 20.2. The molecular formula is C19H23N3O3. The highest BCUT2D eigenvalue weighted by Gasteiger charge is 2.30. The third kappa shape index (κ3) is 3.02. The monoisotopic (exact) mass is 341 g/mol. The summed E-state index contributed by atoms with van der Waals surface area (Å²) in [6.07, 6.45) is 3.15. The van der Waals surface area contributed by atoms with Crippen molar-refractivity contribution in [1.82, 2.24) is 15.1 Å². The quantitative estimate of drug-likeness (QED) is 0.929. The lowest BCUT2D eigenvalue weighted by Crippen LogP contribution is -2.40. The van der Waals surface area contributed by atoms with Gasteiger partial charge in [0, 0.05) is 42.9 Å². The van der Waals surface area contributed by atoms with Gasteiger partial charge in [-0.05, 0) is 31.4 Å². The van der Waals surface area contributed by atoms with Crippen molar-refractivity contribution in [1.29, 1.82) is 0 Å². The summed E-state index contributed by atoms with van der Waals surface area (Å²) in [6.45, 7) is 2.11. The molecule has 2 aliphatic rings. The number of para-hydroxylation sites is 1. The van der Waals surface area contributed by atoms with Crippen LogP contribution in [-0.2, 0) is 22.4 Å². The van der Waals surface area contributed by atoms with Crippen LogP contribution in [0, 0.1) is 0 Å². The number of hydrogen-bond acceptors (Lipinski definition) is 4. The fraction of sp³-hybridized carbons (Fsp3) is 0.474. The second-order valence-electron chi connectivity index (χ2n) is 6.56. The molecule has 1 fully saturated rings. The third-order valence-electron chi connectivity index (χ3n) is 5.10. The van der Waals surface area contributed by atoms with E-state index in [1.807, 2.05) is 29.2 Å². The number of hydrogen-bond donors (Lipinski definition) is 1. The number of rotatable bonds is 3. The van der Waals surface area contributed by atoms with E-state index in [0.29, 0.717) is 19.7 Å². The number of H-pyrrole nitrogens is 1. The predicted octanol–water partition coefficient (Wildman–Crippen LogP) is 2.19. The Morgan fingerprint density at radius 2 is 2.16 bits per heavy atom. The Morgan fingerprint density at radius 1 is 1.32 bits per heavy atom. The molecule has 1 saturated heterocycles. The largest absolute Gasteiger partial charge is 0.496 e. The van der Waals surface area contributed by atoms with Gasteiger partial charge in [-0.25, -0.2) is 0 Å². The van der Waals surface area contributed by atoms with Crippen LogP contribution in [0.2, 0.25) is 0 Å². The van der Waals surface area contributed by atoms with Gasteiger partial charge in [0.05, 0.1) is 12.8 Å². The molecular weight excluding hydrogens is 318 g/mol. The highest BCUT2D eigenvalue weighted by atomic mass is 16.5. The molecule has 4 rings (SSSR count). The second-order valence-corrected chi connectivity index (χ2v) is 6.56. The molecule has 0 radical (unpaired) electrons. The summed E-state index contributed by atoms with van der Waals surface area (Å²) in [6, 6.07) is 7.91. The van der Waals surface area contributed by atoms with Crippen LogP contribution in [0.5, 0.6) is 5.75 Å². The van der Waals surface area contributed by atoms with Gasteiger partial charge >= 0.3 is 0 Å². The van der Waals surface area contributed by atoms with Crippen LogP contribution in [-0.4, -0.2) is 53.9 Å². The summed E-state index contributed by atoms with van der Waals surface area (Å²) >= 11 is 0. The number of nitrogens with zero attached hydrogens (tertiary/aromatic N) is 2. The number of amides is 1. The first kappa shape index (κ1) is 16.1. The number of benzene rings is 1. The number of aromatic amines is 1. The number of fused-ring (bicyclic) bond motifs is 1. The zero-order valence-corrected chi connectivity index (χ0v) is 14.5. The molecule has 25 heavy (non-hydrogen) atoms. The van der Waals surface area contributed by atoms with Gasteiger partial charge in [-0.1, -0.05) is 12.1 Å². The van der Waals surface area contributed by atoms with Crippen molar-refractivity contribution in [3.8, 4) is 17.0 Å². The summed E-state index contributed by atoms with van der Waals surface area (Å²) in [7, 11) is 1.67. The van der Waals surface area contributed by atoms with E-state index in [-0.39, 0.29) is 12.0 Å². The maximum Gasteiger partial charge on any atom is 0.251 e. The van der Waals surface area contributed by atoms with E-state index in [0.717, 1.165) is 48.4 Å². The zero-order chi connectivity index (χ0) is 17.2. The predicted molar refractivity (Wildman–Crippen MR) is 93.5 cm³/mol. The summed E-state index contributed by atoms with van der Waals surface area (Å²) in [4.78, 5) is 14.6. The molecule has 1 amide bonds. The van der Waals surface area contributed by atoms with E-state index < -0.39 is 0 Å². The number of aromatic nitrogens is 2. The first-order chi connectivity index (χ1) is 12.3. The van der Waals surface area contributed by atoms with Gasteiger partial charge in [-0.3, -0.25) is 9.89 Å². The van der Waals surface area contributed by atoms with Gasteiger partial charge in [-0.15, -0.1) is 0 Å². The number of carbonyl (C=O) groups excluding carboxylic acids is 1. The van der Waals surface area contributed by atoms with Crippen LogP contribution in [0.25, 0.3) is 11.3 Å². The van der Waals surface area contributed by atoms with Gasteiger partial charge < -0.3 is 14.4 Å². The molecule has 0 unspecified atom stereocenters. The average Bonchev–Trinajstić information content (AvgIpc) is 3.27. The lowest BCUT2D eigenvalue weighted by atomic mass is 10.0. The van der Waals surface area contributed by atoms with E-state index >= 15 is 0 Å². The summed E-state index contributed by atoms with van der Waals surface area (Å²) in [5.41, 5.74) is 4.22. The SMILES string of the molecule is COc1ccccc1-c1n[nH]c2c1CCN(C(=O)[C@H]1CCCO1)CC2. The minimum Gasteiger partial charge on any atom is -0.496 e. The van der Waals surface area contributed by atoms with E-state index in [4.69, 9.17) is 9.47 Å². The minimum atomic E-state index is -0.247. The number of ether oxygens (including phenoxy) is 2. The van der Waals surface area contributed by atoms with Crippen LogP contribution < -0.4 is 4.74 Å². The highest BCUT2D eigenvalue weighted by Crippen LogP contribution is 2.33. The van der Waals surface area contributed by atoms with Crippen molar-refractivity contribution in [2.24, 2.45) is 0 Å². The molecule has 0 bridgehead atoms. The second kappa shape index (κ2) is 6.88. The third-order valence-corrected chi connectivity index (χ3v) is 5.10. The smallest absolute Gasteiger partial charge is 0.251 e. The number of carbonyl (C=O) groups is 1. The molecule has 3 heterocycles. The molecule has 1 N–H and O–H groups in total. The standard InChI is InChI=1S/C19H23N3O3/c1-24-16-6-3-2-5-14(16)18-13-8-10-22(11-9-15(13)20-21-18)19(23)17-7-4-12-25-17/h2-3,5-6,17H,4,7-12H2,1H3,(H,20,21)/t17-/m1/s1. The molecule has 132 valence electrons. The van der Waals surface area contributed by atoms with Gasteiger partial charge in [0.2, 0.25) is 0 Å². The summed E-state index contributed by atoms with van der Waals surface area (Å²) in [5.74, 6) is 0.947. The maximum absolute atomic E-state index is 12.6.